The summed E-state index contributed by atoms with van der Waals surface area (Å²) in [7, 11) is 0. The van der Waals surface area contributed by atoms with E-state index >= 15 is 0 Å². The number of rotatable bonds is 3. The monoisotopic (exact) mass is 274 g/mol. The van der Waals surface area contributed by atoms with Crippen LogP contribution in [0.3, 0.4) is 0 Å². The summed E-state index contributed by atoms with van der Waals surface area (Å²) >= 11 is 2.00. The summed E-state index contributed by atoms with van der Waals surface area (Å²) in [5.74, 6) is 10.5. The molecule has 5 unspecified atom stereocenters. The first-order valence-corrected chi connectivity index (χ1v) is 8.53. The van der Waals surface area contributed by atoms with E-state index in [-0.39, 0.29) is 0 Å². The minimum atomic E-state index is 0.478. The molecule has 5 atom stereocenters. The Bertz CT molecular complexity index is 476. The molecule has 1 aromatic rings. The molecule has 0 amide bonds. The summed E-state index contributed by atoms with van der Waals surface area (Å²) in [6.45, 7) is 0. The first kappa shape index (κ1) is 12.2. The molecule has 2 aliphatic carbocycles. The largest absolute Gasteiger partial charge is 0.271 e. The molecule has 0 spiro atoms. The molecular weight excluding hydrogens is 252 g/mol. The second kappa shape index (κ2) is 4.80. The summed E-state index contributed by atoms with van der Waals surface area (Å²) in [5, 5.41) is 0. The number of thioether (sulfide) groups is 1. The first-order chi connectivity index (χ1) is 9.36. The molecule has 2 nitrogen and oxygen atoms in total. The van der Waals surface area contributed by atoms with Crippen molar-refractivity contribution in [2.75, 3.05) is 5.75 Å². The van der Waals surface area contributed by atoms with Gasteiger partial charge in [-0.3, -0.25) is 11.3 Å². The lowest BCUT2D eigenvalue weighted by molar-refractivity contribution is 0.229. The van der Waals surface area contributed by atoms with Gasteiger partial charge in [0.15, 0.2) is 0 Å². The van der Waals surface area contributed by atoms with Crippen LogP contribution in [0.4, 0.5) is 0 Å². The van der Waals surface area contributed by atoms with E-state index in [1.807, 2.05) is 11.8 Å². The fraction of sp³-hybridized carbons (Fsp3) is 0.625. The zero-order valence-electron chi connectivity index (χ0n) is 11.2. The third kappa shape index (κ3) is 1.94. The number of benzene rings is 1. The van der Waals surface area contributed by atoms with Gasteiger partial charge in [-0.2, -0.15) is 0 Å². The van der Waals surface area contributed by atoms with Crippen LogP contribution >= 0.6 is 11.8 Å². The molecule has 2 fully saturated rings. The topological polar surface area (TPSA) is 38.0 Å². The van der Waals surface area contributed by atoms with Crippen LogP contribution in [0.25, 0.3) is 0 Å². The smallest absolute Gasteiger partial charge is 0.0318 e. The maximum atomic E-state index is 5.96. The Morgan fingerprint density at radius 3 is 2.84 bits per heavy atom. The number of hydrazine groups is 1. The van der Waals surface area contributed by atoms with Crippen molar-refractivity contribution in [2.24, 2.45) is 23.6 Å². The van der Waals surface area contributed by atoms with Gasteiger partial charge in [-0.25, -0.2) is 0 Å². The van der Waals surface area contributed by atoms with Crippen LogP contribution in [0.5, 0.6) is 0 Å². The van der Waals surface area contributed by atoms with Crippen LogP contribution in [0.2, 0.25) is 0 Å². The quantitative estimate of drug-likeness (QED) is 0.657. The minimum Gasteiger partial charge on any atom is -0.271 e. The molecule has 1 aliphatic heterocycles. The summed E-state index contributed by atoms with van der Waals surface area (Å²) in [4.78, 5) is 1.47. The number of nitrogens with one attached hydrogen (secondary N) is 1. The van der Waals surface area contributed by atoms with Gasteiger partial charge >= 0.3 is 0 Å². The summed E-state index contributed by atoms with van der Waals surface area (Å²) < 4.78 is 0. The Hall–Kier alpha value is -0.510. The van der Waals surface area contributed by atoms with Gasteiger partial charge in [-0.15, -0.1) is 11.8 Å². The average molecular weight is 274 g/mol. The second-order valence-electron chi connectivity index (χ2n) is 6.49. The van der Waals surface area contributed by atoms with E-state index in [4.69, 9.17) is 5.84 Å². The van der Waals surface area contributed by atoms with Crippen LogP contribution in [0, 0.1) is 17.8 Å². The van der Waals surface area contributed by atoms with Gasteiger partial charge in [0.05, 0.1) is 0 Å². The Morgan fingerprint density at radius 2 is 2.11 bits per heavy atom. The van der Waals surface area contributed by atoms with Gasteiger partial charge < -0.3 is 0 Å². The van der Waals surface area contributed by atoms with Crippen molar-refractivity contribution in [3.05, 3.63) is 29.8 Å². The average Bonchev–Trinajstić information content (AvgIpc) is 3.15. The van der Waals surface area contributed by atoms with Crippen molar-refractivity contribution < 1.29 is 0 Å². The molecule has 4 rings (SSSR count). The van der Waals surface area contributed by atoms with E-state index in [1.165, 1.54) is 41.9 Å². The van der Waals surface area contributed by atoms with Crippen LogP contribution in [-0.2, 0) is 0 Å². The molecule has 1 aromatic carbocycles. The minimum absolute atomic E-state index is 0.478. The lowest BCUT2D eigenvalue weighted by Crippen LogP contribution is -2.47. The molecule has 102 valence electrons. The van der Waals surface area contributed by atoms with E-state index in [1.54, 1.807) is 0 Å². The lowest BCUT2D eigenvalue weighted by atomic mass is 9.77. The lowest BCUT2D eigenvalue weighted by Gasteiger charge is -2.34. The highest BCUT2D eigenvalue weighted by Gasteiger charge is 2.46. The summed E-state index contributed by atoms with van der Waals surface area (Å²) in [6.07, 6.45) is 5.77. The fourth-order valence-electron chi connectivity index (χ4n) is 4.76. The standard InChI is InChI=1S/C16H22N2S/c17-18-16(13-8-10-5-6-11(13)7-10)14-9-19-15-4-2-1-3-12(14)15/h1-4,10-11,13-14,16,18H,5-9,17H2. The molecule has 3 aliphatic rings. The van der Waals surface area contributed by atoms with Gasteiger partial charge in [0, 0.05) is 22.6 Å². The highest BCUT2D eigenvalue weighted by Crippen LogP contribution is 2.53. The maximum absolute atomic E-state index is 5.96. The van der Waals surface area contributed by atoms with Crippen LogP contribution < -0.4 is 11.3 Å². The third-order valence-corrected chi connectivity index (χ3v) is 6.83. The molecule has 3 heteroatoms. The van der Waals surface area contributed by atoms with Crippen molar-refractivity contribution in [3.63, 3.8) is 0 Å². The molecule has 2 saturated carbocycles. The molecular formula is C16H22N2S. The van der Waals surface area contributed by atoms with Crippen molar-refractivity contribution in [1.29, 1.82) is 0 Å². The van der Waals surface area contributed by atoms with Gasteiger partial charge in [0.25, 0.3) is 0 Å². The third-order valence-electron chi connectivity index (χ3n) is 5.62. The van der Waals surface area contributed by atoms with Gasteiger partial charge in [-0.1, -0.05) is 24.6 Å². The normalized spacial score (nSPS) is 37.5. The molecule has 3 N–H and O–H groups in total. The van der Waals surface area contributed by atoms with E-state index in [0.717, 1.165) is 17.8 Å². The predicted octanol–water partition coefficient (Wildman–Crippen LogP) is 3.14. The number of fused-ring (bicyclic) bond motifs is 3. The van der Waals surface area contributed by atoms with Gasteiger partial charge in [-0.05, 0) is 48.6 Å². The molecule has 1 heterocycles. The molecule has 0 radical (unpaired) electrons. The van der Waals surface area contributed by atoms with Crippen molar-refractivity contribution in [2.45, 2.75) is 42.5 Å². The van der Waals surface area contributed by atoms with E-state index in [9.17, 15) is 0 Å². The number of hydrogen-bond acceptors (Lipinski definition) is 3. The number of hydrogen-bond donors (Lipinski definition) is 2. The Kier molecular flexibility index (Phi) is 3.09. The Morgan fingerprint density at radius 1 is 1.21 bits per heavy atom. The highest BCUT2D eigenvalue weighted by molar-refractivity contribution is 7.99. The second-order valence-corrected chi connectivity index (χ2v) is 7.55. The SMILES string of the molecule is NNC(C1CSc2ccccc21)C1CC2CCC1C2. The number of nitrogens with two attached hydrogens (primary N) is 1. The van der Waals surface area contributed by atoms with Crippen LogP contribution in [0.1, 0.15) is 37.2 Å². The Balaban J connectivity index is 1.60. The first-order valence-electron chi connectivity index (χ1n) is 7.54. The van der Waals surface area contributed by atoms with E-state index < -0.39 is 0 Å². The summed E-state index contributed by atoms with van der Waals surface area (Å²) in [6, 6.07) is 9.36. The molecule has 0 aromatic heterocycles. The molecule has 0 saturated heterocycles. The van der Waals surface area contributed by atoms with E-state index in [2.05, 4.69) is 29.7 Å². The van der Waals surface area contributed by atoms with Gasteiger partial charge in [0.2, 0.25) is 0 Å². The summed E-state index contributed by atoms with van der Waals surface area (Å²) in [5.41, 5.74) is 4.72. The zero-order chi connectivity index (χ0) is 12.8. The zero-order valence-corrected chi connectivity index (χ0v) is 12.0. The van der Waals surface area contributed by atoms with E-state index in [0.29, 0.717) is 12.0 Å². The Labute approximate surface area is 119 Å². The molecule has 2 bridgehead atoms. The fourth-order valence-corrected chi connectivity index (χ4v) is 6.06. The van der Waals surface area contributed by atoms with Crippen molar-refractivity contribution in [1.82, 2.24) is 5.43 Å². The predicted molar refractivity (Wildman–Crippen MR) is 80.0 cm³/mol. The maximum Gasteiger partial charge on any atom is 0.0318 e. The van der Waals surface area contributed by atoms with Crippen LogP contribution in [0.15, 0.2) is 29.2 Å². The highest BCUT2D eigenvalue weighted by atomic mass is 32.2. The van der Waals surface area contributed by atoms with Crippen LogP contribution in [-0.4, -0.2) is 11.8 Å². The molecule has 19 heavy (non-hydrogen) atoms. The van der Waals surface area contributed by atoms with Crippen molar-refractivity contribution in [3.8, 4) is 0 Å². The van der Waals surface area contributed by atoms with Gasteiger partial charge in [0.1, 0.15) is 0 Å². The van der Waals surface area contributed by atoms with Crippen molar-refractivity contribution >= 4 is 11.8 Å².